The van der Waals surface area contributed by atoms with Crippen molar-refractivity contribution in [3.05, 3.63) is 47.8 Å². The molecule has 3 rings (SSSR count). The highest BCUT2D eigenvalue weighted by molar-refractivity contribution is 6.04. The van der Waals surface area contributed by atoms with Crippen LogP contribution < -0.4 is 11.1 Å². The summed E-state index contributed by atoms with van der Waals surface area (Å²) in [5.74, 6) is -0.254. The van der Waals surface area contributed by atoms with Gasteiger partial charge in [-0.2, -0.15) is 5.10 Å². The molecule has 1 fully saturated rings. The molecule has 144 valence electrons. The molecule has 8 heteroatoms. The molecule has 2 amide bonds. The number of ether oxygens (including phenoxy) is 1. The van der Waals surface area contributed by atoms with Crippen molar-refractivity contribution in [1.29, 1.82) is 0 Å². The van der Waals surface area contributed by atoms with Crippen molar-refractivity contribution in [1.82, 2.24) is 14.7 Å². The first-order valence-electron chi connectivity index (χ1n) is 9.00. The highest BCUT2D eigenvalue weighted by Crippen LogP contribution is 2.13. The molecule has 1 aliphatic rings. The van der Waals surface area contributed by atoms with Crippen LogP contribution in [0.25, 0.3) is 0 Å². The molecule has 2 heterocycles. The Labute approximate surface area is 158 Å². The fourth-order valence-electron chi connectivity index (χ4n) is 3.13. The monoisotopic (exact) mass is 371 g/mol. The van der Waals surface area contributed by atoms with Crippen molar-refractivity contribution >= 4 is 17.5 Å². The van der Waals surface area contributed by atoms with Gasteiger partial charge >= 0.3 is 0 Å². The number of hydrogen-bond acceptors (Lipinski definition) is 5. The molecule has 27 heavy (non-hydrogen) atoms. The van der Waals surface area contributed by atoms with E-state index in [1.54, 1.807) is 23.2 Å². The lowest BCUT2D eigenvalue weighted by atomic mass is 10.1. The van der Waals surface area contributed by atoms with E-state index in [2.05, 4.69) is 10.4 Å². The highest BCUT2D eigenvalue weighted by Gasteiger charge is 2.26. The Bertz CT molecular complexity index is 792. The molecule has 0 radical (unpaired) electrons. The SMILES string of the molecule is CC1CN(C(=O)Cn2cc(NC(=O)c3ccc(CN)cc3)cn2)CC(C)O1. The quantitative estimate of drug-likeness (QED) is 0.823. The van der Waals surface area contributed by atoms with Gasteiger partial charge in [-0.15, -0.1) is 0 Å². The first kappa shape index (κ1) is 19.1. The fraction of sp³-hybridized carbons (Fsp3) is 0.421. The molecule has 0 spiro atoms. The molecule has 0 saturated carbocycles. The molecular formula is C19H25N5O3. The van der Waals surface area contributed by atoms with Crippen LogP contribution in [0, 0.1) is 0 Å². The second-order valence-corrected chi connectivity index (χ2v) is 6.84. The van der Waals surface area contributed by atoms with Crippen molar-refractivity contribution in [2.24, 2.45) is 5.73 Å². The maximum absolute atomic E-state index is 12.5. The van der Waals surface area contributed by atoms with Gasteiger partial charge in [-0.25, -0.2) is 0 Å². The predicted molar refractivity (Wildman–Crippen MR) is 101 cm³/mol. The maximum atomic E-state index is 12.5. The summed E-state index contributed by atoms with van der Waals surface area (Å²) in [6.07, 6.45) is 3.23. The Balaban J connectivity index is 1.57. The number of amides is 2. The molecule has 1 aliphatic heterocycles. The smallest absolute Gasteiger partial charge is 0.255 e. The number of nitrogens with two attached hydrogens (primary N) is 1. The van der Waals surface area contributed by atoms with E-state index in [-0.39, 0.29) is 30.6 Å². The van der Waals surface area contributed by atoms with Crippen molar-refractivity contribution in [3.8, 4) is 0 Å². The summed E-state index contributed by atoms with van der Waals surface area (Å²) >= 11 is 0. The third-order valence-corrected chi connectivity index (χ3v) is 4.41. The van der Waals surface area contributed by atoms with Crippen LogP contribution in [0.1, 0.15) is 29.8 Å². The number of nitrogens with zero attached hydrogens (tertiary/aromatic N) is 3. The average molecular weight is 371 g/mol. The normalized spacial score (nSPS) is 19.7. The third-order valence-electron chi connectivity index (χ3n) is 4.41. The number of aromatic nitrogens is 2. The zero-order chi connectivity index (χ0) is 19.4. The minimum Gasteiger partial charge on any atom is -0.372 e. The molecule has 8 nitrogen and oxygen atoms in total. The van der Waals surface area contributed by atoms with Gasteiger partial charge in [-0.3, -0.25) is 14.3 Å². The lowest BCUT2D eigenvalue weighted by Crippen LogP contribution is -2.49. The number of anilines is 1. The van der Waals surface area contributed by atoms with E-state index in [1.165, 1.54) is 10.9 Å². The number of nitrogens with one attached hydrogen (secondary N) is 1. The molecule has 0 aliphatic carbocycles. The molecule has 1 aromatic heterocycles. The van der Waals surface area contributed by atoms with Crippen molar-refractivity contribution in [2.45, 2.75) is 39.1 Å². The van der Waals surface area contributed by atoms with Crippen LogP contribution in [-0.2, 0) is 22.6 Å². The summed E-state index contributed by atoms with van der Waals surface area (Å²) in [5.41, 5.74) is 7.60. The average Bonchev–Trinajstić information content (AvgIpc) is 3.07. The minimum absolute atomic E-state index is 0.0182. The van der Waals surface area contributed by atoms with Gasteiger partial charge in [-0.05, 0) is 31.5 Å². The van der Waals surface area contributed by atoms with Crippen molar-refractivity contribution < 1.29 is 14.3 Å². The topological polar surface area (TPSA) is 102 Å². The van der Waals surface area contributed by atoms with Crippen LogP contribution in [0.2, 0.25) is 0 Å². The largest absolute Gasteiger partial charge is 0.372 e. The number of carbonyl (C=O) groups is 2. The second kappa shape index (κ2) is 8.32. The zero-order valence-corrected chi connectivity index (χ0v) is 15.6. The van der Waals surface area contributed by atoms with Crippen molar-refractivity contribution in [2.75, 3.05) is 18.4 Å². The highest BCUT2D eigenvalue weighted by atomic mass is 16.5. The number of rotatable bonds is 5. The maximum Gasteiger partial charge on any atom is 0.255 e. The summed E-state index contributed by atoms with van der Waals surface area (Å²) in [6.45, 7) is 5.62. The van der Waals surface area contributed by atoms with Crippen LogP contribution in [0.5, 0.6) is 0 Å². The number of carbonyl (C=O) groups excluding carboxylic acids is 2. The molecular weight excluding hydrogens is 346 g/mol. The minimum atomic E-state index is -0.236. The van der Waals surface area contributed by atoms with Gasteiger partial charge < -0.3 is 20.7 Å². The lowest BCUT2D eigenvalue weighted by molar-refractivity contribution is -0.144. The molecule has 2 atom stereocenters. The van der Waals surface area contributed by atoms with Gasteiger partial charge in [-0.1, -0.05) is 12.1 Å². The predicted octanol–water partition coefficient (Wildman–Crippen LogP) is 1.23. The van der Waals surface area contributed by atoms with Crippen LogP contribution in [0.4, 0.5) is 5.69 Å². The molecule has 2 aromatic rings. The molecule has 1 saturated heterocycles. The first-order chi connectivity index (χ1) is 12.9. The molecule has 3 N–H and O–H groups in total. The van der Waals surface area contributed by atoms with Crippen LogP contribution in [0.15, 0.2) is 36.7 Å². The van der Waals surface area contributed by atoms with Gasteiger partial charge in [0.05, 0.1) is 24.1 Å². The van der Waals surface area contributed by atoms with Gasteiger partial charge in [0, 0.05) is 31.4 Å². The molecule has 0 bridgehead atoms. The number of hydrogen-bond donors (Lipinski definition) is 2. The van der Waals surface area contributed by atoms with Crippen LogP contribution in [-0.4, -0.2) is 51.8 Å². The van der Waals surface area contributed by atoms with E-state index in [4.69, 9.17) is 10.5 Å². The van der Waals surface area contributed by atoms with Crippen LogP contribution >= 0.6 is 0 Å². The number of morpholine rings is 1. The summed E-state index contributed by atoms with van der Waals surface area (Å²) < 4.78 is 7.18. The fourth-order valence-corrected chi connectivity index (χ4v) is 3.13. The van der Waals surface area contributed by atoms with E-state index < -0.39 is 0 Å². The van der Waals surface area contributed by atoms with Gasteiger partial charge in [0.15, 0.2) is 0 Å². The van der Waals surface area contributed by atoms with Crippen molar-refractivity contribution in [3.63, 3.8) is 0 Å². The van der Waals surface area contributed by atoms with E-state index in [1.807, 2.05) is 26.0 Å². The Hall–Kier alpha value is -2.71. The van der Waals surface area contributed by atoms with E-state index >= 15 is 0 Å². The summed E-state index contributed by atoms with van der Waals surface area (Å²) in [6, 6.07) is 7.10. The first-order valence-corrected chi connectivity index (χ1v) is 9.00. The molecule has 2 unspecified atom stereocenters. The Kier molecular flexibility index (Phi) is 5.88. The van der Waals surface area contributed by atoms with E-state index in [9.17, 15) is 9.59 Å². The summed E-state index contributed by atoms with van der Waals surface area (Å²) in [5, 5.41) is 6.95. The zero-order valence-electron chi connectivity index (χ0n) is 15.6. The molecule has 1 aromatic carbocycles. The second-order valence-electron chi connectivity index (χ2n) is 6.84. The standard InChI is InChI=1S/C19H25N5O3/c1-13-9-23(10-14(2)27-13)18(25)12-24-11-17(8-21-24)22-19(26)16-5-3-15(7-20)4-6-16/h3-6,8,11,13-14H,7,9-10,12,20H2,1-2H3,(H,22,26). The lowest BCUT2D eigenvalue weighted by Gasteiger charge is -2.35. The third kappa shape index (κ3) is 4.93. The van der Waals surface area contributed by atoms with Gasteiger partial charge in [0.25, 0.3) is 5.91 Å². The van der Waals surface area contributed by atoms with Gasteiger partial charge in [0.1, 0.15) is 6.54 Å². The van der Waals surface area contributed by atoms with E-state index in [0.29, 0.717) is 30.9 Å². The Morgan fingerprint density at radius 3 is 2.52 bits per heavy atom. The summed E-state index contributed by atoms with van der Waals surface area (Å²) in [4.78, 5) is 26.6. The van der Waals surface area contributed by atoms with Gasteiger partial charge in [0.2, 0.25) is 5.91 Å². The number of benzene rings is 1. The summed E-state index contributed by atoms with van der Waals surface area (Å²) in [7, 11) is 0. The Morgan fingerprint density at radius 2 is 1.89 bits per heavy atom. The Morgan fingerprint density at radius 1 is 1.22 bits per heavy atom. The van der Waals surface area contributed by atoms with Crippen LogP contribution in [0.3, 0.4) is 0 Å². The van der Waals surface area contributed by atoms with E-state index in [0.717, 1.165) is 5.56 Å².